The zero-order chi connectivity index (χ0) is 22.9. The van der Waals surface area contributed by atoms with E-state index in [1.54, 1.807) is 16.4 Å². The van der Waals surface area contributed by atoms with Gasteiger partial charge in [-0.25, -0.2) is 0 Å². The molecular weight excluding hydrogens is 430 g/mol. The van der Waals surface area contributed by atoms with Crippen LogP contribution >= 0.6 is 24.0 Å². The van der Waals surface area contributed by atoms with Gasteiger partial charge in [0.05, 0.1) is 4.91 Å². The number of likely N-dealkylation sites (N-methyl/N-ethyl adjacent to an activating group) is 1. The highest BCUT2D eigenvalue weighted by molar-refractivity contribution is 8.26. The van der Waals surface area contributed by atoms with E-state index in [0.717, 1.165) is 44.0 Å². The largest absolute Gasteiger partial charge is 0.355 e. The summed E-state index contributed by atoms with van der Waals surface area (Å²) in [7, 11) is 2.08. The van der Waals surface area contributed by atoms with Gasteiger partial charge in [0.1, 0.15) is 21.8 Å². The van der Waals surface area contributed by atoms with Crippen molar-refractivity contribution in [3.63, 3.8) is 0 Å². The fraction of sp³-hybridized carbons (Fsp3) is 0.545. The van der Waals surface area contributed by atoms with Crippen molar-refractivity contribution in [3.8, 4) is 6.07 Å². The van der Waals surface area contributed by atoms with Crippen LogP contribution in [0.4, 0.5) is 5.82 Å². The molecule has 9 heteroatoms. The number of hydrogen-bond donors (Lipinski definition) is 0. The monoisotopic (exact) mass is 459 g/mol. The first kappa shape index (κ1) is 23.5. The van der Waals surface area contributed by atoms with Gasteiger partial charge in [0.25, 0.3) is 11.5 Å². The molecule has 1 amide bonds. The van der Waals surface area contributed by atoms with Crippen molar-refractivity contribution in [1.82, 2.24) is 14.4 Å². The van der Waals surface area contributed by atoms with Crippen LogP contribution in [0.25, 0.3) is 6.08 Å². The normalized spacial score (nSPS) is 19.1. The molecule has 2 fully saturated rings. The first-order valence-corrected chi connectivity index (χ1v) is 11.8. The van der Waals surface area contributed by atoms with E-state index in [0.29, 0.717) is 21.3 Å². The van der Waals surface area contributed by atoms with Crippen LogP contribution in [0.5, 0.6) is 0 Å². The molecule has 3 rings (SSSR count). The second-order valence-corrected chi connectivity index (χ2v) is 9.92. The summed E-state index contributed by atoms with van der Waals surface area (Å²) in [6.45, 7) is 11.5. The van der Waals surface area contributed by atoms with E-state index in [9.17, 15) is 14.9 Å². The Labute approximate surface area is 193 Å². The van der Waals surface area contributed by atoms with Gasteiger partial charge in [0, 0.05) is 44.3 Å². The number of amides is 1. The van der Waals surface area contributed by atoms with Gasteiger partial charge in [-0.3, -0.25) is 19.1 Å². The van der Waals surface area contributed by atoms with E-state index in [2.05, 4.69) is 22.9 Å². The smallest absolute Gasteiger partial charge is 0.270 e. The summed E-state index contributed by atoms with van der Waals surface area (Å²) < 4.78 is 2.25. The fourth-order valence-corrected chi connectivity index (χ4v) is 5.50. The summed E-state index contributed by atoms with van der Waals surface area (Å²) >= 11 is 6.71. The van der Waals surface area contributed by atoms with Crippen LogP contribution in [0.3, 0.4) is 0 Å². The lowest BCUT2D eigenvalue weighted by atomic mass is 10.0. The Morgan fingerprint density at radius 1 is 1.23 bits per heavy atom. The summed E-state index contributed by atoms with van der Waals surface area (Å²) in [5.74, 6) is 0.673. The number of nitriles is 1. The number of hydrogen-bond acceptors (Lipinski definition) is 7. The Balaban J connectivity index is 2.24. The zero-order valence-corrected chi connectivity index (χ0v) is 20.4. The fourth-order valence-electron chi connectivity index (χ4n) is 3.99. The molecule has 0 radical (unpaired) electrons. The van der Waals surface area contributed by atoms with Crippen LogP contribution in [0, 0.1) is 18.3 Å². The molecule has 0 saturated carbocycles. The maximum atomic E-state index is 13.2. The van der Waals surface area contributed by atoms with Crippen LogP contribution in [0.2, 0.25) is 0 Å². The number of pyridine rings is 1. The van der Waals surface area contributed by atoms with Gasteiger partial charge in [-0.2, -0.15) is 5.26 Å². The van der Waals surface area contributed by atoms with E-state index in [1.807, 2.05) is 26.8 Å². The number of thioether (sulfide) groups is 1. The van der Waals surface area contributed by atoms with Crippen molar-refractivity contribution in [2.45, 2.75) is 46.7 Å². The summed E-state index contributed by atoms with van der Waals surface area (Å²) in [5.41, 5.74) is 1.25. The maximum Gasteiger partial charge on any atom is 0.270 e. The van der Waals surface area contributed by atoms with Crippen LogP contribution in [0.15, 0.2) is 9.70 Å². The number of carbonyl (C=O) groups excluding carboxylic acids is 1. The second kappa shape index (κ2) is 9.55. The number of aromatic nitrogens is 1. The molecule has 0 aromatic carbocycles. The average Bonchev–Trinajstić information content (AvgIpc) is 3.00. The first-order valence-electron chi connectivity index (χ1n) is 10.6. The van der Waals surface area contributed by atoms with Crippen molar-refractivity contribution >= 4 is 46.1 Å². The van der Waals surface area contributed by atoms with Crippen molar-refractivity contribution in [1.29, 1.82) is 5.26 Å². The van der Waals surface area contributed by atoms with Crippen molar-refractivity contribution in [3.05, 3.63) is 31.9 Å². The molecule has 7 nitrogen and oxygen atoms in total. The third kappa shape index (κ3) is 4.43. The van der Waals surface area contributed by atoms with Crippen LogP contribution in [-0.4, -0.2) is 63.9 Å². The molecule has 166 valence electrons. The first-order chi connectivity index (χ1) is 14.7. The Hall–Kier alpha value is -2.15. The topological polar surface area (TPSA) is 72.6 Å². The van der Waals surface area contributed by atoms with Crippen molar-refractivity contribution < 1.29 is 4.79 Å². The van der Waals surface area contributed by atoms with E-state index in [-0.39, 0.29) is 23.1 Å². The standard InChI is InChI=1S/C22H29N5O2S2/c1-6-7-26-19(25-10-8-24(5)9-11-25)16(15(4)17(13-23)20(26)28)12-18-21(29)27(14(2)3)22(30)31-18/h12,14H,6-11H2,1-5H3. The molecule has 0 bridgehead atoms. The van der Waals surface area contributed by atoms with Crippen molar-refractivity contribution in [2.24, 2.45) is 0 Å². The van der Waals surface area contributed by atoms with Gasteiger partial charge >= 0.3 is 0 Å². The molecule has 0 N–H and O–H groups in total. The number of nitrogens with zero attached hydrogens (tertiary/aromatic N) is 5. The highest BCUT2D eigenvalue weighted by Crippen LogP contribution is 2.36. The van der Waals surface area contributed by atoms with Gasteiger partial charge < -0.3 is 9.80 Å². The van der Waals surface area contributed by atoms with E-state index in [1.165, 1.54) is 11.8 Å². The molecule has 0 spiro atoms. The Morgan fingerprint density at radius 3 is 2.39 bits per heavy atom. The predicted molar refractivity (Wildman–Crippen MR) is 130 cm³/mol. The average molecular weight is 460 g/mol. The Bertz CT molecular complexity index is 1030. The highest BCUT2D eigenvalue weighted by atomic mass is 32.2. The summed E-state index contributed by atoms with van der Waals surface area (Å²) in [6.07, 6.45) is 2.60. The van der Waals surface area contributed by atoms with Gasteiger partial charge in [-0.1, -0.05) is 30.9 Å². The van der Waals surface area contributed by atoms with Gasteiger partial charge in [0.2, 0.25) is 0 Å². The van der Waals surface area contributed by atoms with Gasteiger partial charge in [-0.15, -0.1) is 0 Å². The quantitative estimate of drug-likeness (QED) is 0.495. The molecular formula is C22H29N5O2S2. The van der Waals surface area contributed by atoms with Gasteiger partial charge in [-0.05, 0) is 45.9 Å². The lowest BCUT2D eigenvalue weighted by Crippen LogP contribution is -2.47. The molecule has 0 unspecified atom stereocenters. The molecule has 3 heterocycles. The Morgan fingerprint density at radius 2 is 1.87 bits per heavy atom. The zero-order valence-electron chi connectivity index (χ0n) is 18.8. The third-order valence-electron chi connectivity index (χ3n) is 5.71. The minimum Gasteiger partial charge on any atom is -0.355 e. The number of piperazine rings is 1. The number of rotatable bonds is 5. The van der Waals surface area contributed by atoms with E-state index in [4.69, 9.17) is 12.2 Å². The molecule has 2 saturated heterocycles. The minimum atomic E-state index is -0.261. The maximum absolute atomic E-state index is 13.2. The summed E-state index contributed by atoms with van der Waals surface area (Å²) in [5, 5.41) is 9.72. The highest BCUT2D eigenvalue weighted by Gasteiger charge is 2.35. The van der Waals surface area contributed by atoms with Crippen LogP contribution in [-0.2, 0) is 11.3 Å². The predicted octanol–water partition coefficient (Wildman–Crippen LogP) is 2.80. The SMILES string of the molecule is CCCn1c(N2CCN(C)CC2)c(C=C2SC(=S)N(C(C)C)C2=O)c(C)c(C#N)c1=O. The molecule has 1 aromatic heterocycles. The number of thiocarbonyl (C=S) groups is 1. The minimum absolute atomic E-state index is 0.0275. The summed E-state index contributed by atoms with van der Waals surface area (Å²) in [4.78, 5) is 32.8. The van der Waals surface area contributed by atoms with Crippen LogP contribution in [0.1, 0.15) is 43.9 Å². The molecule has 1 aromatic rings. The number of carbonyl (C=O) groups is 1. The van der Waals surface area contributed by atoms with E-state index < -0.39 is 0 Å². The Kier molecular flexibility index (Phi) is 7.24. The molecule has 0 atom stereocenters. The molecule has 2 aliphatic heterocycles. The van der Waals surface area contributed by atoms with Gasteiger partial charge in [0.15, 0.2) is 0 Å². The number of anilines is 1. The van der Waals surface area contributed by atoms with E-state index >= 15 is 0 Å². The molecule has 0 aliphatic carbocycles. The second-order valence-electron chi connectivity index (χ2n) is 8.24. The lowest BCUT2D eigenvalue weighted by molar-refractivity contribution is -0.123. The lowest BCUT2D eigenvalue weighted by Gasteiger charge is -2.36. The van der Waals surface area contributed by atoms with Crippen molar-refractivity contribution in [2.75, 3.05) is 38.1 Å². The van der Waals surface area contributed by atoms with Crippen LogP contribution < -0.4 is 10.5 Å². The third-order valence-corrected chi connectivity index (χ3v) is 7.04. The summed E-state index contributed by atoms with van der Waals surface area (Å²) in [6, 6.07) is 2.07. The molecule has 31 heavy (non-hydrogen) atoms. The molecule has 2 aliphatic rings.